The van der Waals surface area contributed by atoms with Gasteiger partial charge in [0, 0.05) is 22.8 Å². The zero-order valence-corrected chi connectivity index (χ0v) is 17.3. The van der Waals surface area contributed by atoms with Gasteiger partial charge in [-0.15, -0.1) is 0 Å². The van der Waals surface area contributed by atoms with E-state index in [4.69, 9.17) is 0 Å². The van der Waals surface area contributed by atoms with E-state index in [9.17, 15) is 17.2 Å². The highest BCUT2D eigenvalue weighted by atomic mass is 79.9. The van der Waals surface area contributed by atoms with Crippen molar-refractivity contribution in [2.45, 2.75) is 24.9 Å². The molecule has 2 aromatic carbocycles. The maximum absolute atomic E-state index is 14.3. The second-order valence-electron chi connectivity index (χ2n) is 6.24. The summed E-state index contributed by atoms with van der Waals surface area (Å²) < 4.78 is 56.1. The van der Waals surface area contributed by atoms with Gasteiger partial charge in [0.1, 0.15) is 11.6 Å². The lowest BCUT2D eigenvalue weighted by molar-refractivity contribution is 0.389. The topological polar surface area (TPSA) is 50.3 Å². The minimum atomic E-state index is -4.02. The first kappa shape index (κ1) is 20.6. The van der Waals surface area contributed by atoms with Gasteiger partial charge in [-0.25, -0.2) is 17.2 Å². The number of aryl methyl sites for hydroxylation is 1. The third kappa shape index (κ3) is 4.63. The molecule has 0 N–H and O–H groups in total. The summed E-state index contributed by atoms with van der Waals surface area (Å²) in [5, 5.41) is 0. The van der Waals surface area contributed by atoms with E-state index in [2.05, 4.69) is 20.9 Å². The van der Waals surface area contributed by atoms with Crippen LogP contribution in [0.2, 0.25) is 0 Å². The number of halogens is 3. The lowest BCUT2D eigenvalue weighted by Gasteiger charge is -2.22. The molecule has 0 atom stereocenters. The predicted molar refractivity (Wildman–Crippen MR) is 106 cm³/mol. The Kier molecular flexibility index (Phi) is 6.22. The number of hydrogen-bond acceptors (Lipinski definition) is 3. The summed E-state index contributed by atoms with van der Waals surface area (Å²) in [4.78, 5) is 4.11. The van der Waals surface area contributed by atoms with Crippen LogP contribution in [0.4, 0.5) is 8.78 Å². The van der Waals surface area contributed by atoms with Crippen LogP contribution in [0.15, 0.2) is 70.2 Å². The summed E-state index contributed by atoms with van der Waals surface area (Å²) in [7, 11) is -4.02. The Morgan fingerprint density at radius 2 is 1.79 bits per heavy atom. The minimum absolute atomic E-state index is 0.0465. The van der Waals surface area contributed by atoms with Crippen molar-refractivity contribution in [3.63, 3.8) is 0 Å². The molecule has 0 aliphatic heterocycles. The normalized spacial score (nSPS) is 11.8. The Labute approximate surface area is 171 Å². The largest absolute Gasteiger partial charge is 0.260 e. The summed E-state index contributed by atoms with van der Waals surface area (Å²) in [5.74, 6) is -1.01. The van der Waals surface area contributed by atoms with Gasteiger partial charge in [-0.3, -0.25) is 4.98 Å². The summed E-state index contributed by atoms with van der Waals surface area (Å²) in [6.07, 6.45) is 1.56. The molecule has 3 aromatic rings. The molecule has 0 bridgehead atoms. The first-order chi connectivity index (χ1) is 13.3. The average molecular weight is 467 g/mol. The van der Waals surface area contributed by atoms with Crippen molar-refractivity contribution in [1.29, 1.82) is 0 Å². The second-order valence-corrected chi connectivity index (χ2v) is 9.09. The molecule has 0 aliphatic carbocycles. The molecular formula is C20H17BrF2N2O2S. The van der Waals surface area contributed by atoms with Crippen LogP contribution >= 0.6 is 15.9 Å². The van der Waals surface area contributed by atoms with E-state index < -0.39 is 21.7 Å². The number of benzene rings is 2. The molecule has 0 fully saturated rings. The Balaban J connectivity index is 2.02. The maximum atomic E-state index is 14.3. The number of aromatic nitrogens is 1. The van der Waals surface area contributed by atoms with Gasteiger partial charge >= 0.3 is 0 Å². The standard InChI is InChI=1S/C20H17BrF2N2O2S/c1-14-10-18(7-8-19(14)22)28(26,27)25(13-17-4-2-3-9-24-17)12-15-5-6-16(21)11-20(15)23/h2-11H,12-13H2,1H3. The zero-order chi connectivity index (χ0) is 20.3. The smallest absolute Gasteiger partial charge is 0.243 e. The molecule has 1 aromatic heterocycles. The molecular weight excluding hydrogens is 450 g/mol. The van der Waals surface area contributed by atoms with Gasteiger partial charge in [0.2, 0.25) is 10.0 Å². The molecule has 0 spiro atoms. The molecule has 146 valence electrons. The Morgan fingerprint density at radius 3 is 2.43 bits per heavy atom. The van der Waals surface area contributed by atoms with E-state index in [1.165, 1.54) is 31.2 Å². The third-order valence-corrected chi connectivity index (χ3v) is 6.47. The van der Waals surface area contributed by atoms with Gasteiger partial charge in [-0.1, -0.05) is 28.1 Å². The highest BCUT2D eigenvalue weighted by molar-refractivity contribution is 9.10. The van der Waals surface area contributed by atoms with Crippen molar-refractivity contribution in [3.05, 3.63) is 93.7 Å². The van der Waals surface area contributed by atoms with E-state index in [0.717, 1.165) is 10.4 Å². The minimum Gasteiger partial charge on any atom is -0.260 e. The van der Waals surface area contributed by atoms with E-state index in [-0.39, 0.29) is 29.1 Å². The lowest BCUT2D eigenvalue weighted by atomic mass is 10.2. The van der Waals surface area contributed by atoms with Crippen molar-refractivity contribution in [2.24, 2.45) is 0 Å². The van der Waals surface area contributed by atoms with Crippen LogP contribution in [0.25, 0.3) is 0 Å². The number of pyridine rings is 1. The number of rotatable bonds is 6. The molecule has 0 amide bonds. The summed E-state index contributed by atoms with van der Waals surface area (Å²) >= 11 is 3.19. The van der Waals surface area contributed by atoms with Crippen molar-refractivity contribution in [1.82, 2.24) is 9.29 Å². The van der Waals surface area contributed by atoms with Gasteiger partial charge in [0.25, 0.3) is 0 Å². The van der Waals surface area contributed by atoms with Crippen molar-refractivity contribution >= 4 is 26.0 Å². The number of sulfonamides is 1. The quantitative estimate of drug-likeness (QED) is 0.523. The van der Waals surface area contributed by atoms with Crippen molar-refractivity contribution in [2.75, 3.05) is 0 Å². The van der Waals surface area contributed by atoms with E-state index in [0.29, 0.717) is 10.2 Å². The van der Waals surface area contributed by atoms with Crippen LogP contribution in [-0.2, 0) is 23.1 Å². The maximum Gasteiger partial charge on any atom is 0.243 e. The number of hydrogen-bond donors (Lipinski definition) is 0. The molecule has 0 unspecified atom stereocenters. The molecule has 0 aliphatic rings. The molecule has 0 saturated heterocycles. The highest BCUT2D eigenvalue weighted by Gasteiger charge is 2.27. The fraction of sp³-hybridized carbons (Fsp3) is 0.150. The Bertz CT molecular complexity index is 1090. The molecule has 4 nitrogen and oxygen atoms in total. The van der Waals surface area contributed by atoms with Gasteiger partial charge in [-0.05, 0) is 55.0 Å². The fourth-order valence-electron chi connectivity index (χ4n) is 2.66. The van der Waals surface area contributed by atoms with E-state index in [1.54, 1.807) is 30.5 Å². The van der Waals surface area contributed by atoms with Crippen LogP contribution in [0, 0.1) is 18.6 Å². The molecule has 1 heterocycles. The van der Waals surface area contributed by atoms with Crippen LogP contribution in [0.5, 0.6) is 0 Å². The predicted octanol–water partition coefficient (Wildman–Crippen LogP) is 4.82. The molecule has 8 heteroatoms. The monoisotopic (exact) mass is 466 g/mol. The van der Waals surface area contributed by atoms with Crippen LogP contribution in [0.3, 0.4) is 0 Å². The van der Waals surface area contributed by atoms with Gasteiger partial charge in [0.15, 0.2) is 0 Å². The van der Waals surface area contributed by atoms with Crippen molar-refractivity contribution < 1.29 is 17.2 Å². The highest BCUT2D eigenvalue weighted by Crippen LogP contribution is 2.24. The van der Waals surface area contributed by atoms with Gasteiger partial charge < -0.3 is 0 Å². The molecule has 3 rings (SSSR count). The van der Waals surface area contributed by atoms with Crippen LogP contribution in [0.1, 0.15) is 16.8 Å². The average Bonchev–Trinajstić information content (AvgIpc) is 2.66. The Morgan fingerprint density at radius 1 is 1.00 bits per heavy atom. The van der Waals surface area contributed by atoms with E-state index >= 15 is 0 Å². The van der Waals surface area contributed by atoms with Crippen LogP contribution in [-0.4, -0.2) is 17.7 Å². The summed E-state index contributed by atoms with van der Waals surface area (Å²) in [6.45, 7) is 1.26. The summed E-state index contributed by atoms with van der Waals surface area (Å²) in [6, 6.07) is 13.2. The van der Waals surface area contributed by atoms with Crippen molar-refractivity contribution in [3.8, 4) is 0 Å². The number of nitrogens with zero attached hydrogens (tertiary/aromatic N) is 2. The van der Waals surface area contributed by atoms with Crippen LogP contribution < -0.4 is 0 Å². The summed E-state index contributed by atoms with van der Waals surface area (Å²) in [5.41, 5.74) is 0.956. The first-order valence-electron chi connectivity index (χ1n) is 8.37. The SMILES string of the molecule is Cc1cc(S(=O)(=O)N(Cc2ccccn2)Cc2ccc(Br)cc2F)ccc1F. The fourth-order valence-corrected chi connectivity index (χ4v) is 4.47. The van der Waals surface area contributed by atoms with Gasteiger partial charge in [0.05, 0.1) is 17.1 Å². The lowest BCUT2D eigenvalue weighted by Crippen LogP contribution is -2.31. The molecule has 0 radical (unpaired) electrons. The Hall–Kier alpha value is -2.16. The molecule has 0 saturated carbocycles. The molecule has 28 heavy (non-hydrogen) atoms. The first-order valence-corrected chi connectivity index (χ1v) is 10.6. The third-order valence-electron chi connectivity index (χ3n) is 4.19. The van der Waals surface area contributed by atoms with E-state index in [1.807, 2.05) is 0 Å². The van der Waals surface area contributed by atoms with Gasteiger partial charge in [-0.2, -0.15) is 4.31 Å². The second kappa shape index (κ2) is 8.46. The zero-order valence-electron chi connectivity index (χ0n) is 14.9.